The quantitative estimate of drug-likeness (QED) is 0.831. The molecular weight excluding hydrogens is 244 g/mol. The van der Waals surface area contributed by atoms with Crippen LogP contribution in [0.3, 0.4) is 0 Å². The summed E-state index contributed by atoms with van der Waals surface area (Å²) in [5.74, 6) is 1.45. The standard InChI is InChI=1S/C12H16N6O/c1-3-4-14-10-5-11(17-8(2)16-10)18-7-9(6-15-18)12(13)19/h5-7H,3-4H2,1-2H3,(H2,13,19)(H,14,16,17). The highest BCUT2D eigenvalue weighted by atomic mass is 16.1. The molecule has 100 valence electrons. The highest BCUT2D eigenvalue weighted by Gasteiger charge is 2.08. The van der Waals surface area contributed by atoms with Crippen LogP contribution in [0.4, 0.5) is 5.82 Å². The number of amides is 1. The molecule has 7 heteroatoms. The molecule has 0 aliphatic heterocycles. The highest BCUT2D eigenvalue weighted by Crippen LogP contribution is 2.11. The number of aryl methyl sites for hydroxylation is 1. The number of rotatable bonds is 5. The van der Waals surface area contributed by atoms with E-state index in [1.807, 2.05) is 0 Å². The third-order valence-electron chi connectivity index (χ3n) is 2.48. The van der Waals surface area contributed by atoms with Crippen LogP contribution in [-0.4, -0.2) is 32.2 Å². The van der Waals surface area contributed by atoms with Gasteiger partial charge in [0.2, 0.25) is 0 Å². The minimum Gasteiger partial charge on any atom is -0.370 e. The molecule has 1 amide bonds. The van der Waals surface area contributed by atoms with Crippen molar-refractivity contribution in [3.8, 4) is 5.82 Å². The van der Waals surface area contributed by atoms with Gasteiger partial charge in [-0.15, -0.1) is 0 Å². The summed E-state index contributed by atoms with van der Waals surface area (Å²) in [5.41, 5.74) is 5.54. The number of primary amides is 1. The first kappa shape index (κ1) is 13.0. The fourth-order valence-electron chi connectivity index (χ4n) is 1.59. The van der Waals surface area contributed by atoms with Crippen LogP contribution in [0.25, 0.3) is 5.82 Å². The number of nitrogens with two attached hydrogens (primary N) is 1. The number of carbonyl (C=O) groups is 1. The molecule has 0 spiro atoms. The number of hydrogen-bond acceptors (Lipinski definition) is 5. The monoisotopic (exact) mass is 260 g/mol. The summed E-state index contributed by atoms with van der Waals surface area (Å²) < 4.78 is 1.51. The zero-order valence-corrected chi connectivity index (χ0v) is 10.9. The molecular formula is C12H16N6O. The van der Waals surface area contributed by atoms with E-state index < -0.39 is 5.91 Å². The van der Waals surface area contributed by atoms with Gasteiger partial charge >= 0.3 is 0 Å². The highest BCUT2D eigenvalue weighted by molar-refractivity contribution is 5.92. The SMILES string of the molecule is CCCNc1cc(-n2cc(C(N)=O)cn2)nc(C)n1. The number of aromatic nitrogens is 4. The molecule has 0 fully saturated rings. The van der Waals surface area contributed by atoms with Crippen LogP contribution in [0.15, 0.2) is 18.5 Å². The van der Waals surface area contributed by atoms with Crippen LogP contribution >= 0.6 is 0 Å². The van der Waals surface area contributed by atoms with Crippen molar-refractivity contribution in [2.24, 2.45) is 5.73 Å². The molecule has 0 saturated carbocycles. The second-order valence-electron chi connectivity index (χ2n) is 4.12. The van der Waals surface area contributed by atoms with Gasteiger partial charge in [-0.3, -0.25) is 4.79 Å². The lowest BCUT2D eigenvalue weighted by molar-refractivity contribution is 0.100. The largest absolute Gasteiger partial charge is 0.370 e. The van der Waals surface area contributed by atoms with Gasteiger partial charge in [-0.25, -0.2) is 14.6 Å². The Bertz CT molecular complexity index is 592. The van der Waals surface area contributed by atoms with Crippen molar-refractivity contribution in [3.05, 3.63) is 29.8 Å². The zero-order chi connectivity index (χ0) is 13.8. The normalized spacial score (nSPS) is 10.4. The molecule has 0 bridgehead atoms. The van der Waals surface area contributed by atoms with Crippen LogP contribution in [0.2, 0.25) is 0 Å². The Morgan fingerprint density at radius 3 is 2.89 bits per heavy atom. The van der Waals surface area contributed by atoms with E-state index in [0.717, 1.165) is 18.8 Å². The minimum absolute atomic E-state index is 0.347. The fraction of sp³-hybridized carbons (Fsp3) is 0.333. The summed E-state index contributed by atoms with van der Waals surface area (Å²) in [5, 5.41) is 7.26. The zero-order valence-electron chi connectivity index (χ0n) is 10.9. The number of anilines is 1. The summed E-state index contributed by atoms with van der Waals surface area (Å²) in [4.78, 5) is 19.6. The average Bonchev–Trinajstić information content (AvgIpc) is 2.85. The van der Waals surface area contributed by atoms with Crippen molar-refractivity contribution in [1.29, 1.82) is 0 Å². The number of hydrogen-bond donors (Lipinski definition) is 2. The van der Waals surface area contributed by atoms with E-state index in [-0.39, 0.29) is 0 Å². The lowest BCUT2D eigenvalue weighted by atomic mass is 10.3. The van der Waals surface area contributed by atoms with Gasteiger partial charge in [0.05, 0.1) is 11.8 Å². The third-order valence-corrected chi connectivity index (χ3v) is 2.48. The molecule has 0 atom stereocenters. The van der Waals surface area contributed by atoms with Crippen molar-refractivity contribution >= 4 is 11.7 Å². The van der Waals surface area contributed by atoms with Crippen molar-refractivity contribution < 1.29 is 4.79 Å². The summed E-state index contributed by atoms with van der Waals surface area (Å²) in [6.45, 7) is 4.72. The first-order valence-electron chi connectivity index (χ1n) is 6.04. The number of nitrogens with one attached hydrogen (secondary N) is 1. The smallest absolute Gasteiger partial charge is 0.251 e. The number of nitrogens with zero attached hydrogens (tertiary/aromatic N) is 4. The second-order valence-corrected chi connectivity index (χ2v) is 4.12. The topological polar surface area (TPSA) is 98.7 Å². The van der Waals surface area contributed by atoms with Crippen molar-refractivity contribution in [2.45, 2.75) is 20.3 Å². The molecule has 0 saturated heterocycles. The summed E-state index contributed by atoms with van der Waals surface area (Å²) >= 11 is 0. The van der Waals surface area contributed by atoms with Crippen LogP contribution in [-0.2, 0) is 0 Å². The van der Waals surface area contributed by atoms with E-state index in [2.05, 4.69) is 27.3 Å². The van der Waals surface area contributed by atoms with Crippen LogP contribution in [0.1, 0.15) is 29.5 Å². The van der Waals surface area contributed by atoms with Crippen LogP contribution in [0, 0.1) is 6.92 Å². The van der Waals surface area contributed by atoms with Gasteiger partial charge in [0.25, 0.3) is 5.91 Å². The molecule has 2 rings (SSSR count). The molecule has 2 heterocycles. The summed E-state index contributed by atoms with van der Waals surface area (Å²) in [7, 11) is 0. The van der Waals surface area contributed by atoms with Crippen molar-refractivity contribution in [2.75, 3.05) is 11.9 Å². The minimum atomic E-state index is -0.513. The Hall–Kier alpha value is -2.44. The molecule has 19 heavy (non-hydrogen) atoms. The fourth-order valence-corrected chi connectivity index (χ4v) is 1.59. The maximum absolute atomic E-state index is 11.0. The molecule has 7 nitrogen and oxygen atoms in total. The van der Waals surface area contributed by atoms with E-state index in [1.165, 1.54) is 10.9 Å². The van der Waals surface area contributed by atoms with Crippen molar-refractivity contribution in [1.82, 2.24) is 19.7 Å². The summed E-state index contributed by atoms with van der Waals surface area (Å²) in [6, 6.07) is 1.78. The van der Waals surface area contributed by atoms with E-state index >= 15 is 0 Å². The van der Waals surface area contributed by atoms with Gasteiger partial charge in [-0.2, -0.15) is 5.10 Å². The molecule has 0 aliphatic rings. The summed E-state index contributed by atoms with van der Waals surface area (Å²) in [6.07, 6.45) is 3.97. The van der Waals surface area contributed by atoms with Gasteiger partial charge in [-0.05, 0) is 13.3 Å². The average molecular weight is 260 g/mol. The van der Waals surface area contributed by atoms with Gasteiger partial charge in [-0.1, -0.05) is 6.92 Å². The second kappa shape index (κ2) is 5.47. The Kier molecular flexibility index (Phi) is 3.74. The number of carbonyl (C=O) groups excluding carboxylic acids is 1. The maximum Gasteiger partial charge on any atom is 0.251 e. The molecule has 2 aromatic heterocycles. The Morgan fingerprint density at radius 2 is 2.26 bits per heavy atom. The Balaban J connectivity index is 2.32. The molecule has 0 aliphatic carbocycles. The predicted molar refractivity (Wildman–Crippen MR) is 71.2 cm³/mol. The van der Waals surface area contributed by atoms with E-state index in [1.54, 1.807) is 19.2 Å². The molecule has 3 N–H and O–H groups in total. The lowest BCUT2D eigenvalue weighted by Crippen LogP contribution is -2.10. The molecule has 2 aromatic rings. The lowest BCUT2D eigenvalue weighted by Gasteiger charge is -2.07. The molecule has 0 radical (unpaired) electrons. The third kappa shape index (κ3) is 3.06. The maximum atomic E-state index is 11.0. The van der Waals surface area contributed by atoms with E-state index in [9.17, 15) is 4.79 Å². The Morgan fingerprint density at radius 1 is 1.47 bits per heavy atom. The van der Waals surface area contributed by atoms with Gasteiger partial charge in [0, 0.05) is 18.8 Å². The predicted octanol–water partition coefficient (Wildman–Crippen LogP) is 0.892. The van der Waals surface area contributed by atoms with Crippen LogP contribution < -0.4 is 11.1 Å². The first-order chi connectivity index (χ1) is 9.10. The molecule has 0 aromatic carbocycles. The first-order valence-corrected chi connectivity index (χ1v) is 6.04. The van der Waals surface area contributed by atoms with E-state index in [4.69, 9.17) is 5.73 Å². The molecule has 0 unspecified atom stereocenters. The van der Waals surface area contributed by atoms with Gasteiger partial charge in [0.1, 0.15) is 11.6 Å². The van der Waals surface area contributed by atoms with Crippen molar-refractivity contribution in [3.63, 3.8) is 0 Å². The van der Waals surface area contributed by atoms with Gasteiger partial charge in [0.15, 0.2) is 5.82 Å². The van der Waals surface area contributed by atoms with Crippen LogP contribution in [0.5, 0.6) is 0 Å². The van der Waals surface area contributed by atoms with Gasteiger partial charge < -0.3 is 11.1 Å². The Labute approximate surface area is 110 Å². The van der Waals surface area contributed by atoms with E-state index in [0.29, 0.717) is 17.2 Å².